The molecular weight excluding hydrogens is 258 g/mol. The number of likely N-dealkylation sites (tertiary alicyclic amines) is 1. The molecule has 0 aromatic carbocycles. The fourth-order valence-electron chi connectivity index (χ4n) is 3.03. The third kappa shape index (κ3) is 2.86. The molecule has 5 heteroatoms. The second-order valence-corrected chi connectivity index (χ2v) is 5.38. The lowest BCUT2D eigenvalue weighted by Gasteiger charge is -2.21. The molecule has 110 valence electrons. The van der Waals surface area contributed by atoms with E-state index in [0.29, 0.717) is 11.8 Å². The molecule has 1 unspecified atom stereocenters. The van der Waals surface area contributed by atoms with Crippen LogP contribution in [0.4, 0.5) is 0 Å². The van der Waals surface area contributed by atoms with Crippen LogP contribution in [0.5, 0.6) is 0 Å². The number of carboxylic acid groups (broad SMARTS) is 1. The van der Waals surface area contributed by atoms with Gasteiger partial charge in [0.1, 0.15) is 6.26 Å². The Morgan fingerprint density at radius 3 is 2.70 bits per heavy atom. The first-order valence-corrected chi connectivity index (χ1v) is 7.17. The Morgan fingerprint density at radius 2 is 2.15 bits per heavy atom. The molecule has 1 saturated heterocycles. The lowest BCUT2D eigenvalue weighted by molar-refractivity contribution is 0.0695. The van der Waals surface area contributed by atoms with E-state index in [1.165, 1.54) is 6.07 Å². The van der Waals surface area contributed by atoms with Crippen molar-refractivity contribution in [2.75, 3.05) is 13.1 Å². The van der Waals surface area contributed by atoms with Crippen molar-refractivity contribution in [3.8, 4) is 0 Å². The third-order valence-electron chi connectivity index (χ3n) is 4.28. The fraction of sp³-hybridized carbons (Fsp3) is 0.600. The molecule has 1 aromatic heterocycles. The summed E-state index contributed by atoms with van der Waals surface area (Å²) in [5.41, 5.74) is 0.0177. The van der Waals surface area contributed by atoms with Crippen LogP contribution in [0, 0.1) is 11.8 Å². The van der Waals surface area contributed by atoms with Crippen LogP contribution in [0.2, 0.25) is 0 Å². The molecule has 0 aliphatic carbocycles. The summed E-state index contributed by atoms with van der Waals surface area (Å²) in [5, 5.41) is 8.84. The van der Waals surface area contributed by atoms with Crippen LogP contribution in [0.25, 0.3) is 0 Å². The number of carbonyl (C=O) groups is 2. The van der Waals surface area contributed by atoms with E-state index in [0.717, 1.165) is 38.6 Å². The summed E-state index contributed by atoms with van der Waals surface area (Å²) in [6.07, 6.45) is 4.40. The lowest BCUT2D eigenvalue weighted by Crippen LogP contribution is -2.29. The monoisotopic (exact) mass is 279 g/mol. The van der Waals surface area contributed by atoms with Gasteiger partial charge in [-0.1, -0.05) is 26.7 Å². The highest BCUT2D eigenvalue weighted by atomic mass is 16.4. The average molecular weight is 279 g/mol. The van der Waals surface area contributed by atoms with Crippen molar-refractivity contribution in [2.24, 2.45) is 11.8 Å². The fourth-order valence-corrected chi connectivity index (χ4v) is 3.03. The van der Waals surface area contributed by atoms with Crippen LogP contribution >= 0.6 is 0 Å². The Balaban J connectivity index is 2.02. The molecular formula is C15H21NO4. The van der Waals surface area contributed by atoms with Crippen molar-refractivity contribution in [1.82, 2.24) is 4.90 Å². The molecule has 0 bridgehead atoms. The summed E-state index contributed by atoms with van der Waals surface area (Å²) >= 11 is 0. The normalized spacial score (nSPS) is 18.8. The zero-order valence-corrected chi connectivity index (χ0v) is 12.0. The Labute approximate surface area is 118 Å². The average Bonchev–Trinajstić information content (AvgIpc) is 3.09. The minimum Gasteiger partial charge on any atom is -0.478 e. The molecule has 2 heterocycles. The van der Waals surface area contributed by atoms with Gasteiger partial charge in [0, 0.05) is 19.2 Å². The van der Waals surface area contributed by atoms with Crippen molar-refractivity contribution in [1.29, 1.82) is 0 Å². The summed E-state index contributed by atoms with van der Waals surface area (Å²) in [6.45, 7) is 5.84. The van der Waals surface area contributed by atoms with Gasteiger partial charge in [-0.15, -0.1) is 0 Å². The van der Waals surface area contributed by atoms with E-state index >= 15 is 0 Å². The summed E-state index contributed by atoms with van der Waals surface area (Å²) in [6, 6.07) is 1.30. The number of rotatable bonds is 5. The van der Waals surface area contributed by atoms with Gasteiger partial charge >= 0.3 is 5.97 Å². The number of aromatic carboxylic acids is 1. The van der Waals surface area contributed by atoms with Gasteiger partial charge in [0.05, 0.1) is 5.56 Å². The predicted molar refractivity (Wildman–Crippen MR) is 73.7 cm³/mol. The molecule has 0 saturated carbocycles. The van der Waals surface area contributed by atoms with Crippen molar-refractivity contribution in [3.63, 3.8) is 0 Å². The SMILES string of the molecule is CCC(CC)C1CCN(C(=O)c2cc(C(=O)O)co2)C1. The van der Waals surface area contributed by atoms with E-state index < -0.39 is 5.97 Å². The first-order chi connectivity index (χ1) is 9.56. The molecule has 1 aliphatic heterocycles. The van der Waals surface area contributed by atoms with E-state index in [2.05, 4.69) is 13.8 Å². The summed E-state index contributed by atoms with van der Waals surface area (Å²) < 4.78 is 5.08. The molecule has 1 N–H and O–H groups in total. The maximum Gasteiger partial charge on any atom is 0.338 e. The zero-order chi connectivity index (χ0) is 14.7. The Hall–Kier alpha value is -1.78. The van der Waals surface area contributed by atoms with Gasteiger partial charge in [0.15, 0.2) is 5.76 Å². The number of hydrogen-bond acceptors (Lipinski definition) is 3. The predicted octanol–water partition coefficient (Wildman–Crippen LogP) is 2.88. The molecule has 2 rings (SSSR count). The smallest absolute Gasteiger partial charge is 0.338 e. The Bertz CT molecular complexity index is 490. The van der Waals surface area contributed by atoms with Crippen molar-refractivity contribution >= 4 is 11.9 Å². The van der Waals surface area contributed by atoms with Gasteiger partial charge in [0.25, 0.3) is 5.91 Å². The Kier molecular flexibility index (Phi) is 4.47. The minimum atomic E-state index is -1.08. The van der Waals surface area contributed by atoms with E-state index in [1.54, 1.807) is 4.90 Å². The van der Waals surface area contributed by atoms with Crippen LogP contribution in [-0.2, 0) is 0 Å². The van der Waals surface area contributed by atoms with Gasteiger partial charge in [-0.3, -0.25) is 4.79 Å². The molecule has 1 amide bonds. The van der Waals surface area contributed by atoms with Crippen molar-refractivity contribution < 1.29 is 19.1 Å². The summed E-state index contributed by atoms with van der Waals surface area (Å²) in [5.74, 6) is 0.0320. The van der Waals surface area contributed by atoms with E-state index in [-0.39, 0.29) is 17.2 Å². The molecule has 1 atom stereocenters. The number of carboxylic acids is 1. The van der Waals surface area contributed by atoms with Crippen molar-refractivity contribution in [3.05, 3.63) is 23.7 Å². The van der Waals surface area contributed by atoms with Crippen LogP contribution in [0.15, 0.2) is 16.7 Å². The largest absolute Gasteiger partial charge is 0.478 e. The van der Waals surface area contributed by atoms with Crippen LogP contribution in [-0.4, -0.2) is 35.0 Å². The van der Waals surface area contributed by atoms with Crippen LogP contribution in [0.3, 0.4) is 0 Å². The van der Waals surface area contributed by atoms with Gasteiger partial charge < -0.3 is 14.4 Å². The maximum absolute atomic E-state index is 12.3. The molecule has 0 spiro atoms. The molecule has 20 heavy (non-hydrogen) atoms. The second kappa shape index (κ2) is 6.11. The second-order valence-electron chi connectivity index (χ2n) is 5.38. The topological polar surface area (TPSA) is 70.8 Å². The van der Waals surface area contributed by atoms with E-state index in [9.17, 15) is 9.59 Å². The van der Waals surface area contributed by atoms with Crippen LogP contribution in [0.1, 0.15) is 54.0 Å². The lowest BCUT2D eigenvalue weighted by atomic mass is 9.87. The quantitative estimate of drug-likeness (QED) is 0.899. The first kappa shape index (κ1) is 14.6. The van der Waals surface area contributed by atoms with Crippen molar-refractivity contribution in [2.45, 2.75) is 33.1 Å². The number of hydrogen-bond donors (Lipinski definition) is 1. The molecule has 5 nitrogen and oxygen atoms in total. The molecule has 1 aliphatic rings. The minimum absolute atomic E-state index is 0.0177. The van der Waals surface area contributed by atoms with Gasteiger partial charge in [-0.05, 0) is 18.3 Å². The third-order valence-corrected chi connectivity index (χ3v) is 4.28. The maximum atomic E-state index is 12.3. The number of carbonyl (C=O) groups excluding carboxylic acids is 1. The standard InChI is InChI=1S/C15H21NO4/c1-3-10(4-2)11-5-6-16(8-11)14(17)13-7-12(9-20-13)15(18)19/h7,9-11H,3-6,8H2,1-2H3,(H,18,19). The van der Waals surface area contributed by atoms with Gasteiger partial charge in [-0.2, -0.15) is 0 Å². The summed E-state index contributed by atoms with van der Waals surface area (Å²) in [7, 11) is 0. The first-order valence-electron chi connectivity index (χ1n) is 7.17. The van der Waals surface area contributed by atoms with E-state index in [1.807, 2.05) is 0 Å². The van der Waals surface area contributed by atoms with Gasteiger partial charge in [0.2, 0.25) is 0 Å². The zero-order valence-electron chi connectivity index (χ0n) is 12.0. The highest BCUT2D eigenvalue weighted by molar-refractivity contribution is 5.95. The highest BCUT2D eigenvalue weighted by Crippen LogP contribution is 2.29. The molecule has 0 radical (unpaired) electrons. The number of amides is 1. The van der Waals surface area contributed by atoms with E-state index in [4.69, 9.17) is 9.52 Å². The molecule has 1 aromatic rings. The number of nitrogens with zero attached hydrogens (tertiary/aromatic N) is 1. The number of furan rings is 1. The van der Waals surface area contributed by atoms with Crippen LogP contribution < -0.4 is 0 Å². The van der Waals surface area contributed by atoms with Gasteiger partial charge in [-0.25, -0.2) is 4.79 Å². The summed E-state index contributed by atoms with van der Waals surface area (Å²) in [4.78, 5) is 24.8. The highest BCUT2D eigenvalue weighted by Gasteiger charge is 2.32. The molecule has 1 fully saturated rings. The Morgan fingerprint density at radius 1 is 1.45 bits per heavy atom.